The number of halogens is 6. The monoisotopic (exact) mass is 376 g/mol. The van der Waals surface area contributed by atoms with Crippen LogP contribution < -0.4 is 5.32 Å². The Morgan fingerprint density at radius 2 is 1.65 bits per heavy atom. The lowest BCUT2D eigenvalue weighted by atomic mass is 10.0. The van der Waals surface area contributed by atoms with Crippen molar-refractivity contribution in [3.63, 3.8) is 0 Å². The second kappa shape index (κ2) is 7.27. The van der Waals surface area contributed by atoms with E-state index in [0.717, 1.165) is 17.8 Å². The first-order valence-electron chi connectivity index (χ1n) is 7.32. The van der Waals surface area contributed by atoms with Crippen LogP contribution in [0, 0.1) is 0 Å². The molecule has 3 nitrogen and oxygen atoms in total. The number of hydrogen-bond acceptors (Lipinski definition) is 1. The summed E-state index contributed by atoms with van der Waals surface area (Å²) in [6.07, 6.45) is -6.31. The molecule has 0 aliphatic rings. The number of carbonyl (C=O) groups excluding carboxylic acids is 1. The molecule has 1 heterocycles. The van der Waals surface area contributed by atoms with Crippen LogP contribution in [0.5, 0.6) is 0 Å². The van der Waals surface area contributed by atoms with Gasteiger partial charge < -0.3 is 9.88 Å². The Hall–Kier alpha value is -2.71. The average molecular weight is 376 g/mol. The predicted molar refractivity (Wildman–Crippen MR) is 82.7 cm³/mol. The molecule has 0 atom stereocenters. The highest BCUT2D eigenvalue weighted by molar-refractivity contribution is 5.91. The van der Waals surface area contributed by atoms with Crippen LogP contribution in [0.1, 0.15) is 22.4 Å². The fraction of sp³-hybridized carbons (Fsp3) is 0.235. The number of carbonyl (C=O) groups is 1. The number of nitrogens with one attached hydrogen (secondary N) is 1. The van der Waals surface area contributed by atoms with Crippen LogP contribution in [0.25, 0.3) is 6.08 Å². The summed E-state index contributed by atoms with van der Waals surface area (Å²) in [5.74, 6) is -0.642. The third-order valence-electron chi connectivity index (χ3n) is 3.53. The lowest BCUT2D eigenvalue weighted by Gasteiger charge is -2.12. The average Bonchev–Trinajstić information content (AvgIpc) is 2.94. The largest absolute Gasteiger partial charge is 0.416 e. The molecule has 2 rings (SSSR count). The fourth-order valence-electron chi connectivity index (χ4n) is 2.16. The van der Waals surface area contributed by atoms with Gasteiger partial charge in [-0.25, -0.2) is 0 Å². The van der Waals surface area contributed by atoms with Crippen molar-refractivity contribution >= 4 is 12.0 Å². The van der Waals surface area contributed by atoms with Gasteiger partial charge in [-0.15, -0.1) is 0 Å². The zero-order valence-electron chi connectivity index (χ0n) is 13.4. The lowest BCUT2D eigenvalue weighted by Crippen LogP contribution is -2.21. The van der Waals surface area contributed by atoms with E-state index < -0.39 is 29.4 Å². The normalized spacial score (nSPS) is 12.6. The molecule has 0 saturated heterocycles. The Labute approximate surface area is 144 Å². The molecule has 26 heavy (non-hydrogen) atoms. The zero-order chi connectivity index (χ0) is 19.5. The number of benzene rings is 1. The number of hydrogen-bond donors (Lipinski definition) is 1. The second-order valence-electron chi connectivity index (χ2n) is 5.50. The summed E-state index contributed by atoms with van der Waals surface area (Å²) in [5, 5.41) is 2.49. The number of nitrogens with zero attached hydrogens (tertiary/aromatic N) is 1. The first kappa shape index (κ1) is 19.6. The van der Waals surface area contributed by atoms with Crippen molar-refractivity contribution in [2.45, 2.75) is 18.9 Å². The van der Waals surface area contributed by atoms with E-state index in [9.17, 15) is 31.1 Å². The molecule has 1 aromatic heterocycles. The van der Waals surface area contributed by atoms with Crippen LogP contribution >= 0.6 is 0 Å². The summed E-state index contributed by atoms with van der Waals surface area (Å²) in [5.41, 5.74) is -2.46. The van der Waals surface area contributed by atoms with Crippen LogP contribution in [0.3, 0.4) is 0 Å². The molecule has 1 amide bonds. The summed E-state index contributed by atoms with van der Waals surface area (Å²) >= 11 is 0. The Morgan fingerprint density at radius 3 is 2.12 bits per heavy atom. The molecule has 0 bridgehead atoms. The van der Waals surface area contributed by atoms with Gasteiger partial charge >= 0.3 is 12.4 Å². The molecule has 0 spiro atoms. The lowest BCUT2D eigenvalue weighted by molar-refractivity contribution is -0.143. The van der Waals surface area contributed by atoms with Gasteiger partial charge in [-0.3, -0.25) is 4.79 Å². The number of aryl methyl sites for hydroxylation is 1. The SMILES string of the molecule is Cn1cccc1CNC(=O)/C=C/c1cc(C(F)(F)F)cc(C(F)(F)F)c1. The van der Waals surface area contributed by atoms with Crippen molar-refractivity contribution in [1.29, 1.82) is 0 Å². The van der Waals surface area contributed by atoms with E-state index in [4.69, 9.17) is 0 Å². The number of rotatable bonds is 4. The van der Waals surface area contributed by atoms with Gasteiger partial charge in [0.1, 0.15) is 0 Å². The zero-order valence-corrected chi connectivity index (χ0v) is 13.4. The van der Waals surface area contributed by atoms with Gasteiger partial charge in [-0.05, 0) is 42.0 Å². The van der Waals surface area contributed by atoms with Crippen LogP contribution in [0.4, 0.5) is 26.3 Å². The predicted octanol–water partition coefficient (Wildman–Crippen LogP) is 4.39. The Balaban J connectivity index is 2.17. The molecular formula is C17H14F6N2O. The number of aromatic nitrogens is 1. The van der Waals surface area contributed by atoms with Crippen LogP contribution in [-0.4, -0.2) is 10.5 Å². The molecule has 140 valence electrons. The Kier molecular flexibility index (Phi) is 5.48. The maximum absolute atomic E-state index is 12.8. The number of alkyl halides is 6. The van der Waals surface area contributed by atoms with E-state index in [1.54, 1.807) is 29.9 Å². The van der Waals surface area contributed by atoms with Gasteiger partial charge in [0, 0.05) is 25.0 Å². The maximum atomic E-state index is 12.8. The van der Waals surface area contributed by atoms with Crippen molar-refractivity contribution < 1.29 is 31.1 Å². The Morgan fingerprint density at radius 1 is 1.08 bits per heavy atom. The molecule has 0 fully saturated rings. The van der Waals surface area contributed by atoms with Gasteiger partial charge in [0.15, 0.2) is 0 Å². The summed E-state index contributed by atoms with van der Waals surface area (Å²) in [7, 11) is 1.76. The third kappa shape index (κ3) is 5.14. The highest BCUT2D eigenvalue weighted by atomic mass is 19.4. The first-order valence-corrected chi connectivity index (χ1v) is 7.32. The number of amides is 1. The molecule has 0 radical (unpaired) electrons. The van der Waals surface area contributed by atoms with Crippen molar-refractivity contribution in [1.82, 2.24) is 9.88 Å². The second-order valence-corrected chi connectivity index (χ2v) is 5.50. The molecule has 0 saturated carbocycles. The molecule has 9 heteroatoms. The van der Waals surface area contributed by atoms with Crippen LogP contribution in [0.15, 0.2) is 42.6 Å². The van der Waals surface area contributed by atoms with Gasteiger partial charge in [0.25, 0.3) is 0 Å². The first-order chi connectivity index (χ1) is 12.0. The van der Waals surface area contributed by atoms with Crippen molar-refractivity contribution in [2.75, 3.05) is 0 Å². The van der Waals surface area contributed by atoms with E-state index in [-0.39, 0.29) is 18.2 Å². The van der Waals surface area contributed by atoms with E-state index in [1.165, 1.54) is 0 Å². The van der Waals surface area contributed by atoms with E-state index in [0.29, 0.717) is 12.1 Å². The van der Waals surface area contributed by atoms with Gasteiger partial charge in [0.2, 0.25) is 5.91 Å². The summed E-state index contributed by atoms with van der Waals surface area (Å²) in [4.78, 5) is 11.7. The van der Waals surface area contributed by atoms with Crippen molar-refractivity contribution in [3.05, 3.63) is 65.0 Å². The minimum Gasteiger partial charge on any atom is -0.353 e. The van der Waals surface area contributed by atoms with Crippen LogP contribution in [0.2, 0.25) is 0 Å². The van der Waals surface area contributed by atoms with Crippen molar-refractivity contribution in [2.24, 2.45) is 7.05 Å². The molecule has 2 aromatic rings. The van der Waals surface area contributed by atoms with E-state index >= 15 is 0 Å². The van der Waals surface area contributed by atoms with E-state index in [1.807, 2.05) is 0 Å². The molecule has 0 aliphatic carbocycles. The summed E-state index contributed by atoms with van der Waals surface area (Å²) < 4.78 is 78.4. The van der Waals surface area contributed by atoms with Crippen molar-refractivity contribution in [3.8, 4) is 0 Å². The smallest absolute Gasteiger partial charge is 0.353 e. The topological polar surface area (TPSA) is 34.0 Å². The molecule has 0 unspecified atom stereocenters. The fourth-order valence-corrected chi connectivity index (χ4v) is 2.16. The third-order valence-corrected chi connectivity index (χ3v) is 3.53. The summed E-state index contributed by atoms with van der Waals surface area (Å²) in [6, 6.07) is 4.66. The molecule has 1 N–H and O–H groups in total. The Bertz CT molecular complexity index is 785. The summed E-state index contributed by atoms with van der Waals surface area (Å²) in [6.45, 7) is 0.170. The van der Waals surface area contributed by atoms with Gasteiger partial charge in [-0.1, -0.05) is 0 Å². The minimum atomic E-state index is -4.93. The molecular weight excluding hydrogens is 362 g/mol. The van der Waals surface area contributed by atoms with Crippen LogP contribution in [-0.2, 0) is 30.7 Å². The standard InChI is InChI=1S/C17H14F6N2O/c1-25-6-2-3-14(25)10-24-15(26)5-4-11-7-12(16(18,19)20)9-13(8-11)17(21,22)23/h2-9H,10H2,1H3,(H,24,26)/b5-4+. The minimum absolute atomic E-state index is 0.0345. The highest BCUT2D eigenvalue weighted by Gasteiger charge is 2.36. The highest BCUT2D eigenvalue weighted by Crippen LogP contribution is 2.36. The quantitative estimate of drug-likeness (QED) is 0.623. The van der Waals surface area contributed by atoms with Gasteiger partial charge in [0.05, 0.1) is 17.7 Å². The van der Waals surface area contributed by atoms with E-state index in [2.05, 4.69) is 5.32 Å². The maximum Gasteiger partial charge on any atom is 0.416 e. The van der Waals surface area contributed by atoms with Gasteiger partial charge in [-0.2, -0.15) is 26.3 Å². The molecule has 1 aromatic carbocycles. The molecule has 0 aliphatic heterocycles.